The maximum absolute atomic E-state index is 5.52. The minimum Gasteiger partial charge on any atom is -0.381 e. The number of rotatable bonds is 11. The maximum atomic E-state index is 5.52. The van der Waals surface area contributed by atoms with E-state index in [0.29, 0.717) is 0 Å². The number of nitrogens with one attached hydrogen (secondary N) is 1. The van der Waals surface area contributed by atoms with Crippen LogP contribution in [-0.2, 0) is 4.74 Å². The zero-order valence-electron chi connectivity index (χ0n) is 13.0. The molecule has 0 aliphatic heterocycles. The van der Waals surface area contributed by atoms with Gasteiger partial charge in [0.15, 0.2) is 5.96 Å². The molecule has 1 N–H and O–H groups in total. The Labute approximate surface area is 118 Å². The van der Waals surface area contributed by atoms with Crippen molar-refractivity contribution in [2.45, 2.75) is 39.0 Å². The highest BCUT2D eigenvalue weighted by Crippen LogP contribution is 1.94. The van der Waals surface area contributed by atoms with E-state index >= 15 is 0 Å². The van der Waals surface area contributed by atoms with Gasteiger partial charge in [0.25, 0.3) is 0 Å². The molecule has 19 heavy (non-hydrogen) atoms. The van der Waals surface area contributed by atoms with Gasteiger partial charge in [0, 0.05) is 40.4 Å². The Bertz CT molecular complexity index is 242. The first-order chi connectivity index (χ1) is 9.26. The van der Waals surface area contributed by atoms with Gasteiger partial charge in [-0.3, -0.25) is 4.99 Å². The SMILES string of the molecule is C=CCCCN(C)C(=NC)NCCCOCCCC. The van der Waals surface area contributed by atoms with Crippen molar-refractivity contribution < 1.29 is 4.74 Å². The Morgan fingerprint density at radius 3 is 2.68 bits per heavy atom. The Morgan fingerprint density at radius 2 is 2.05 bits per heavy atom. The van der Waals surface area contributed by atoms with Gasteiger partial charge < -0.3 is 15.0 Å². The zero-order chi connectivity index (χ0) is 14.3. The molecular formula is C15H31N3O. The molecule has 0 aromatic heterocycles. The summed E-state index contributed by atoms with van der Waals surface area (Å²) in [7, 11) is 3.89. The molecule has 0 aromatic rings. The molecule has 0 saturated carbocycles. The van der Waals surface area contributed by atoms with Crippen LogP contribution in [0.5, 0.6) is 0 Å². The third-order valence-electron chi connectivity index (χ3n) is 2.87. The van der Waals surface area contributed by atoms with Crippen molar-refractivity contribution in [2.24, 2.45) is 4.99 Å². The lowest BCUT2D eigenvalue weighted by atomic mass is 10.3. The lowest BCUT2D eigenvalue weighted by Gasteiger charge is -2.21. The smallest absolute Gasteiger partial charge is 0.193 e. The predicted molar refractivity (Wildman–Crippen MR) is 83.8 cm³/mol. The fraction of sp³-hybridized carbons (Fsp3) is 0.800. The molecule has 0 atom stereocenters. The number of hydrogen-bond acceptors (Lipinski definition) is 2. The summed E-state index contributed by atoms with van der Waals surface area (Å²) in [6.07, 6.45) is 7.48. The zero-order valence-corrected chi connectivity index (χ0v) is 13.0. The summed E-state index contributed by atoms with van der Waals surface area (Å²) < 4.78 is 5.52. The van der Waals surface area contributed by atoms with Crippen LogP contribution in [0.1, 0.15) is 39.0 Å². The fourth-order valence-electron chi connectivity index (χ4n) is 1.69. The van der Waals surface area contributed by atoms with E-state index in [4.69, 9.17) is 4.74 Å². The van der Waals surface area contributed by atoms with E-state index in [-0.39, 0.29) is 0 Å². The largest absolute Gasteiger partial charge is 0.381 e. The summed E-state index contributed by atoms with van der Waals surface area (Å²) in [5, 5.41) is 3.36. The molecule has 0 amide bonds. The van der Waals surface area contributed by atoms with Gasteiger partial charge in [0.05, 0.1) is 0 Å². The first kappa shape index (κ1) is 18.0. The number of nitrogens with zero attached hydrogens (tertiary/aromatic N) is 2. The molecule has 4 nitrogen and oxygen atoms in total. The van der Waals surface area contributed by atoms with Crippen LogP contribution in [0, 0.1) is 0 Å². The Morgan fingerprint density at radius 1 is 1.32 bits per heavy atom. The third-order valence-corrected chi connectivity index (χ3v) is 2.87. The van der Waals surface area contributed by atoms with Gasteiger partial charge in [-0.25, -0.2) is 0 Å². The molecule has 0 aliphatic rings. The molecule has 0 fully saturated rings. The van der Waals surface area contributed by atoms with Crippen molar-refractivity contribution in [3.8, 4) is 0 Å². The summed E-state index contributed by atoms with van der Waals surface area (Å²) in [6, 6.07) is 0. The van der Waals surface area contributed by atoms with Gasteiger partial charge in [-0.1, -0.05) is 19.4 Å². The monoisotopic (exact) mass is 269 g/mol. The average Bonchev–Trinajstić information content (AvgIpc) is 2.42. The van der Waals surface area contributed by atoms with Gasteiger partial charge in [-0.05, 0) is 25.7 Å². The minimum atomic E-state index is 0.824. The molecule has 0 radical (unpaired) electrons. The standard InChI is InChI=1S/C15H31N3O/c1-5-7-9-12-18(4)15(16-3)17-11-10-14-19-13-8-6-2/h5H,1,6-14H2,2-4H3,(H,16,17). The topological polar surface area (TPSA) is 36.9 Å². The number of unbranched alkanes of at least 4 members (excludes halogenated alkanes) is 2. The second-order valence-electron chi connectivity index (χ2n) is 4.65. The van der Waals surface area contributed by atoms with E-state index in [2.05, 4.69) is 35.8 Å². The molecule has 0 bridgehead atoms. The molecule has 0 heterocycles. The van der Waals surface area contributed by atoms with Gasteiger partial charge in [-0.15, -0.1) is 6.58 Å². The second-order valence-corrected chi connectivity index (χ2v) is 4.65. The van der Waals surface area contributed by atoms with Crippen molar-refractivity contribution in [3.05, 3.63) is 12.7 Å². The van der Waals surface area contributed by atoms with Crippen LogP contribution in [0.2, 0.25) is 0 Å². The molecular weight excluding hydrogens is 238 g/mol. The van der Waals surface area contributed by atoms with E-state index in [1.165, 1.54) is 6.42 Å². The Kier molecular flexibility index (Phi) is 12.7. The fourth-order valence-corrected chi connectivity index (χ4v) is 1.69. The van der Waals surface area contributed by atoms with Crippen molar-refractivity contribution in [2.75, 3.05) is 40.4 Å². The summed E-state index contributed by atoms with van der Waals surface area (Å²) in [4.78, 5) is 6.43. The number of hydrogen-bond donors (Lipinski definition) is 1. The molecule has 0 unspecified atom stereocenters. The molecule has 0 aromatic carbocycles. The first-order valence-corrected chi connectivity index (χ1v) is 7.36. The van der Waals surface area contributed by atoms with E-state index in [1.54, 1.807) is 0 Å². The maximum Gasteiger partial charge on any atom is 0.193 e. The molecule has 0 spiro atoms. The molecule has 112 valence electrons. The lowest BCUT2D eigenvalue weighted by molar-refractivity contribution is 0.129. The van der Waals surface area contributed by atoms with Crippen LogP contribution in [-0.4, -0.2) is 51.3 Å². The number of ether oxygens (including phenoxy) is 1. The van der Waals surface area contributed by atoms with Crippen LogP contribution in [0.15, 0.2) is 17.6 Å². The summed E-state index contributed by atoms with van der Waals surface area (Å²) in [5.74, 6) is 0.956. The molecule has 0 rings (SSSR count). The van der Waals surface area contributed by atoms with Crippen molar-refractivity contribution in [3.63, 3.8) is 0 Å². The highest BCUT2D eigenvalue weighted by molar-refractivity contribution is 5.79. The van der Waals surface area contributed by atoms with Crippen molar-refractivity contribution in [1.82, 2.24) is 10.2 Å². The second kappa shape index (κ2) is 13.4. The van der Waals surface area contributed by atoms with Crippen LogP contribution < -0.4 is 5.32 Å². The Hall–Kier alpha value is -1.03. The lowest BCUT2D eigenvalue weighted by Crippen LogP contribution is -2.40. The van der Waals surface area contributed by atoms with Crippen LogP contribution in [0.25, 0.3) is 0 Å². The summed E-state index contributed by atoms with van der Waals surface area (Å²) >= 11 is 0. The van der Waals surface area contributed by atoms with E-state index in [9.17, 15) is 0 Å². The van der Waals surface area contributed by atoms with E-state index < -0.39 is 0 Å². The highest BCUT2D eigenvalue weighted by Gasteiger charge is 2.03. The molecule has 0 saturated heterocycles. The minimum absolute atomic E-state index is 0.824. The quantitative estimate of drug-likeness (QED) is 0.271. The number of aliphatic imine (C=N–C) groups is 1. The van der Waals surface area contributed by atoms with Gasteiger partial charge in [0.1, 0.15) is 0 Å². The highest BCUT2D eigenvalue weighted by atomic mass is 16.5. The number of guanidine groups is 1. The molecule has 4 heteroatoms. The summed E-state index contributed by atoms with van der Waals surface area (Å²) in [5.41, 5.74) is 0. The normalized spacial score (nSPS) is 11.4. The Balaban J connectivity index is 3.61. The van der Waals surface area contributed by atoms with Crippen LogP contribution in [0.3, 0.4) is 0 Å². The van der Waals surface area contributed by atoms with Gasteiger partial charge >= 0.3 is 0 Å². The van der Waals surface area contributed by atoms with Crippen molar-refractivity contribution >= 4 is 5.96 Å². The predicted octanol–water partition coefficient (Wildman–Crippen LogP) is 2.67. The van der Waals surface area contributed by atoms with Crippen molar-refractivity contribution in [1.29, 1.82) is 0 Å². The van der Waals surface area contributed by atoms with Crippen LogP contribution in [0.4, 0.5) is 0 Å². The average molecular weight is 269 g/mol. The van der Waals surface area contributed by atoms with Crippen LogP contribution >= 0.6 is 0 Å². The number of allylic oxidation sites excluding steroid dienone is 1. The van der Waals surface area contributed by atoms with Gasteiger partial charge in [-0.2, -0.15) is 0 Å². The van der Waals surface area contributed by atoms with E-state index in [0.717, 1.165) is 57.9 Å². The third kappa shape index (κ3) is 10.6. The first-order valence-electron chi connectivity index (χ1n) is 7.36. The summed E-state index contributed by atoms with van der Waals surface area (Å²) in [6.45, 7) is 9.52. The van der Waals surface area contributed by atoms with E-state index in [1.807, 2.05) is 13.1 Å². The van der Waals surface area contributed by atoms with Gasteiger partial charge in [0.2, 0.25) is 0 Å². The molecule has 0 aliphatic carbocycles.